The number of hydrogen-bond donors (Lipinski definition) is 2. The summed E-state index contributed by atoms with van der Waals surface area (Å²) in [6.45, 7) is 0. The van der Waals surface area contributed by atoms with Gasteiger partial charge in [-0.05, 0) is 18.2 Å². The molecule has 5 nitrogen and oxygen atoms in total. The second-order valence-corrected chi connectivity index (χ2v) is 4.03. The Kier molecular flexibility index (Phi) is 2.77. The van der Waals surface area contributed by atoms with Crippen molar-refractivity contribution >= 4 is 27.4 Å². The van der Waals surface area contributed by atoms with Gasteiger partial charge in [-0.2, -0.15) is 0 Å². The van der Waals surface area contributed by atoms with Crippen molar-refractivity contribution in [3.05, 3.63) is 23.2 Å². The molecule has 0 amide bonds. The van der Waals surface area contributed by atoms with E-state index in [9.17, 15) is 13.0 Å². The molecule has 0 bridgehead atoms. The highest BCUT2D eigenvalue weighted by Gasteiger charge is 2.04. The predicted molar refractivity (Wildman–Crippen MR) is 47.2 cm³/mol. The van der Waals surface area contributed by atoms with Crippen molar-refractivity contribution in [1.29, 1.82) is 0 Å². The molecule has 0 saturated carbocycles. The van der Waals surface area contributed by atoms with E-state index in [0.717, 1.165) is 12.1 Å². The molecule has 7 heteroatoms. The van der Waals surface area contributed by atoms with E-state index in [1.54, 1.807) is 0 Å². The van der Waals surface area contributed by atoms with Crippen LogP contribution in [0.1, 0.15) is 0 Å². The molecule has 3 N–H and O–H groups in total. The summed E-state index contributed by atoms with van der Waals surface area (Å²) >= 11 is 5.59. The number of benzene rings is 1. The first kappa shape index (κ1) is 10.3. The highest BCUT2D eigenvalue weighted by Crippen LogP contribution is 2.23. The van der Waals surface area contributed by atoms with Crippen LogP contribution in [-0.4, -0.2) is 13.0 Å². The highest BCUT2D eigenvalue weighted by molar-refractivity contribution is 7.85. The number of nitrogens with one attached hydrogen (secondary N) is 1. The van der Waals surface area contributed by atoms with Crippen LogP contribution in [0.4, 0.5) is 5.69 Å². The lowest BCUT2D eigenvalue weighted by Gasteiger charge is -2.09. The van der Waals surface area contributed by atoms with Crippen molar-refractivity contribution in [2.24, 2.45) is 5.84 Å². The van der Waals surface area contributed by atoms with Crippen LogP contribution in [0.25, 0.3) is 0 Å². The van der Waals surface area contributed by atoms with Crippen LogP contribution in [0.5, 0.6) is 0 Å². The van der Waals surface area contributed by atoms with E-state index in [-0.39, 0.29) is 9.92 Å². The van der Waals surface area contributed by atoms with Crippen LogP contribution in [0.3, 0.4) is 0 Å². The predicted octanol–water partition coefficient (Wildman–Crippen LogP) is 0.530. The minimum absolute atomic E-state index is 0.0828. The Morgan fingerprint density at radius 1 is 1.46 bits per heavy atom. The minimum atomic E-state index is -4.45. The van der Waals surface area contributed by atoms with Crippen LogP contribution in [0.2, 0.25) is 5.02 Å². The SMILES string of the molecule is NNc1ccc(S(=O)(=O)[O-])cc1Cl. The third-order valence-corrected chi connectivity index (χ3v) is 2.53. The van der Waals surface area contributed by atoms with E-state index in [1.807, 2.05) is 0 Å². The van der Waals surface area contributed by atoms with Gasteiger partial charge in [0.1, 0.15) is 10.1 Å². The largest absolute Gasteiger partial charge is 0.744 e. The molecule has 0 aliphatic heterocycles. The van der Waals surface area contributed by atoms with Crippen molar-refractivity contribution in [3.8, 4) is 0 Å². The van der Waals surface area contributed by atoms with Crippen LogP contribution in [0.15, 0.2) is 23.1 Å². The zero-order chi connectivity index (χ0) is 10.1. The first-order valence-corrected chi connectivity index (χ1v) is 4.96. The fourth-order valence-corrected chi connectivity index (χ4v) is 1.57. The molecule has 0 unspecified atom stereocenters. The molecule has 0 aliphatic carbocycles. The summed E-state index contributed by atoms with van der Waals surface area (Å²) in [7, 11) is -4.45. The maximum absolute atomic E-state index is 10.5. The Bertz CT molecular complexity index is 418. The zero-order valence-electron chi connectivity index (χ0n) is 6.32. The smallest absolute Gasteiger partial charge is 0.124 e. The van der Waals surface area contributed by atoms with Gasteiger partial charge in [-0.15, -0.1) is 0 Å². The summed E-state index contributed by atoms with van der Waals surface area (Å²) in [5.74, 6) is 5.05. The van der Waals surface area contributed by atoms with Crippen LogP contribution >= 0.6 is 11.6 Å². The topological polar surface area (TPSA) is 95.2 Å². The van der Waals surface area contributed by atoms with E-state index < -0.39 is 10.1 Å². The number of anilines is 1. The van der Waals surface area contributed by atoms with Gasteiger partial charge in [0.25, 0.3) is 0 Å². The van der Waals surface area contributed by atoms with E-state index in [0.29, 0.717) is 5.69 Å². The van der Waals surface area contributed by atoms with Gasteiger partial charge >= 0.3 is 0 Å². The Balaban J connectivity index is 3.26. The van der Waals surface area contributed by atoms with Crippen molar-refractivity contribution in [3.63, 3.8) is 0 Å². The molecule has 0 aromatic heterocycles. The summed E-state index contributed by atoms with van der Waals surface area (Å²) in [6, 6.07) is 3.48. The van der Waals surface area contributed by atoms with Gasteiger partial charge < -0.3 is 9.98 Å². The normalized spacial score (nSPS) is 11.3. The third-order valence-electron chi connectivity index (χ3n) is 1.38. The van der Waals surface area contributed by atoms with Crippen LogP contribution < -0.4 is 11.3 Å². The fourth-order valence-electron chi connectivity index (χ4n) is 0.768. The van der Waals surface area contributed by atoms with Crippen molar-refractivity contribution in [2.45, 2.75) is 4.90 Å². The molecule has 13 heavy (non-hydrogen) atoms. The summed E-state index contributed by atoms with van der Waals surface area (Å²) in [4.78, 5) is -0.378. The molecular weight excluding hydrogens is 216 g/mol. The number of hydrogen-bond acceptors (Lipinski definition) is 5. The summed E-state index contributed by atoms with van der Waals surface area (Å²) in [5, 5.41) is 0.0828. The average molecular weight is 222 g/mol. The number of hydrazine groups is 1. The number of rotatable bonds is 2. The maximum Gasteiger partial charge on any atom is 0.124 e. The van der Waals surface area contributed by atoms with Gasteiger partial charge in [0.05, 0.1) is 15.6 Å². The fraction of sp³-hybridized carbons (Fsp3) is 0. The summed E-state index contributed by atoms with van der Waals surface area (Å²) in [5.41, 5.74) is 2.60. The lowest BCUT2D eigenvalue weighted by molar-refractivity contribution is 0.463. The van der Waals surface area contributed by atoms with Gasteiger partial charge in [-0.25, -0.2) is 8.42 Å². The molecule has 1 aromatic rings. The summed E-state index contributed by atoms with van der Waals surface area (Å²) in [6.07, 6.45) is 0. The molecule has 0 heterocycles. The average Bonchev–Trinajstić information content (AvgIpc) is 2.02. The molecule has 0 saturated heterocycles. The van der Waals surface area contributed by atoms with Gasteiger partial charge in [-0.3, -0.25) is 5.84 Å². The number of nitrogens with two attached hydrogens (primary N) is 1. The molecule has 0 spiro atoms. The van der Waals surface area contributed by atoms with E-state index in [2.05, 4.69) is 5.43 Å². The van der Waals surface area contributed by atoms with E-state index in [4.69, 9.17) is 17.4 Å². The van der Waals surface area contributed by atoms with Gasteiger partial charge in [0.2, 0.25) is 0 Å². The van der Waals surface area contributed by atoms with Gasteiger partial charge in [0, 0.05) is 0 Å². The third kappa shape index (κ3) is 2.31. The summed E-state index contributed by atoms with van der Waals surface area (Å²) < 4.78 is 31.6. The van der Waals surface area contributed by atoms with E-state index in [1.165, 1.54) is 6.07 Å². The number of nitrogen functional groups attached to an aromatic ring is 1. The Morgan fingerprint density at radius 3 is 2.46 bits per heavy atom. The molecule has 1 rings (SSSR count). The minimum Gasteiger partial charge on any atom is -0.744 e. The quantitative estimate of drug-likeness (QED) is 0.432. The van der Waals surface area contributed by atoms with Crippen molar-refractivity contribution in [2.75, 3.05) is 5.43 Å². The zero-order valence-corrected chi connectivity index (χ0v) is 7.89. The lowest BCUT2D eigenvalue weighted by atomic mass is 10.3. The second-order valence-electron chi connectivity index (χ2n) is 2.24. The van der Waals surface area contributed by atoms with Crippen molar-refractivity contribution < 1.29 is 13.0 Å². The number of halogens is 1. The first-order valence-electron chi connectivity index (χ1n) is 3.17. The van der Waals surface area contributed by atoms with Gasteiger partial charge in [-0.1, -0.05) is 11.6 Å². The Hall–Kier alpha value is -0.820. The Morgan fingerprint density at radius 2 is 2.08 bits per heavy atom. The Labute approximate surface area is 80.2 Å². The second kappa shape index (κ2) is 3.51. The highest BCUT2D eigenvalue weighted by atomic mass is 35.5. The first-order chi connectivity index (χ1) is 5.95. The molecule has 0 fully saturated rings. The monoisotopic (exact) mass is 221 g/mol. The maximum atomic E-state index is 10.5. The van der Waals surface area contributed by atoms with Crippen LogP contribution in [0, 0.1) is 0 Å². The van der Waals surface area contributed by atoms with Crippen LogP contribution in [-0.2, 0) is 10.1 Å². The molecular formula is C6H6ClN2O3S-. The molecule has 0 atom stereocenters. The lowest BCUT2D eigenvalue weighted by Crippen LogP contribution is -2.07. The standard InChI is InChI=1S/C6H7ClN2O3S/c7-5-3-4(13(10,11)12)1-2-6(5)9-8/h1-3,9H,8H2,(H,10,11,12)/p-1. The van der Waals surface area contributed by atoms with Crippen molar-refractivity contribution in [1.82, 2.24) is 0 Å². The molecule has 1 aromatic carbocycles. The molecule has 0 radical (unpaired) electrons. The molecule has 72 valence electrons. The molecule has 0 aliphatic rings. The van der Waals surface area contributed by atoms with E-state index >= 15 is 0 Å². The van der Waals surface area contributed by atoms with Gasteiger partial charge in [0.15, 0.2) is 0 Å².